The number of aromatic nitrogens is 2. The van der Waals surface area contributed by atoms with Crippen LogP contribution in [0.4, 0.5) is 0 Å². The normalized spacial score (nSPS) is 10.6. The molecule has 1 heterocycles. The second-order valence-corrected chi connectivity index (χ2v) is 5.82. The molecular formula is C17H13BrN2O4. The number of ketones is 1. The number of methoxy groups -OCH3 is 1. The first-order chi connectivity index (χ1) is 11.6. The highest BCUT2D eigenvalue weighted by Gasteiger charge is 2.17. The standard InChI is InChI=1S/C17H13BrN2O4/c1-23-15-7-6-10(8-12(15)18)14(21)9-24-17(22)16-11-4-2-3-5-13(11)19-20-16/h2-8H,9H2,1H3,(H,19,20). The molecule has 2 aromatic carbocycles. The zero-order chi connectivity index (χ0) is 17.1. The van der Waals surface area contributed by atoms with Crippen LogP contribution in [0.3, 0.4) is 0 Å². The summed E-state index contributed by atoms with van der Waals surface area (Å²) in [7, 11) is 1.54. The van der Waals surface area contributed by atoms with Crippen molar-refractivity contribution < 1.29 is 19.1 Å². The number of ether oxygens (including phenoxy) is 2. The molecule has 0 saturated heterocycles. The van der Waals surface area contributed by atoms with Crippen molar-refractivity contribution in [1.29, 1.82) is 0 Å². The number of H-pyrrole nitrogens is 1. The smallest absolute Gasteiger partial charge is 0.359 e. The van der Waals surface area contributed by atoms with Crippen molar-refractivity contribution in [2.24, 2.45) is 0 Å². The SMILES string of the molecule is COc1ccc(C(=O)COC(=O)c2n[nH]c3ccccc23)cc1Br. The number of nitrogens with one attached hydrogen (secondary N) is 1. The van der Waals surface area contributed by atoms with Gasteiger partial charge in [0.1, 0.15) is 5.75 Å². The lowest BCUT2D eigenvalue weighted by molar-refractivity contribution is 0.0470. The van der Waals surface area contributed by atoms with Crippen molar-refractivity contribution in [3.05, 3.63) is 58.2 Å². The molecule has 3 rings (SSSR count). The molecule has 0 bridgehead atoms. The lowest BCUT2D eigenvalue weighted by Gasteiger charge is -2.06. The Kier molecular flexibility index (Phi) is 4.61. The molecule has 0 saturated carbocycles. The van der Waals surface area contributed by atoms with Crippen molar-refractivity contribution in [3.8, 4) is 5.75 Å². The van der Waals surface area contributed by atoms with Gasteiger partial charge in [0, 0.05) is 10.9 Å². The number of halogens is 1. The van der Waals surface area contributed by atoms with Crippen LogP contribution in [0, 0.1) is 0 Å². The molecule has 3 aromatic rings. The minimum absolute atomic E-state index is 0.161. The van der Waals surface area contributed by atoms with E-state index in [-0.39, 0.29) is 18.1 Å². The van der Waals surface area contributed by atoms with Crippen LogP contribution in [0.25, 0.3) is 10.9 Å². The maximum absolute atomic E-state index is 12.2. The maximum Gasteiger partial charge on any atom is 0.359 e. The summed E-state index contributed by atoms with van der Waals surface area (Å²) in [6, 6.07) is 12.1. The van der Waals surface area contributed by atoms with Crippen LogP contribution in [-0.2, 0) is 4.74 Å². The van der Waals surface area contributed by atoms with Crippen molar-refractivity contribution in [1.82, 2.24) is 10.2 Å². The molecule has 6 nitrogen and oxygen atoms in total. The van der Waals surface area contributed by atoms with Gasteiger partial charge in [0.15, 0.2) is 18.1 Å². The summed E-state index contributed by atoms with van der Waals surface area (Å²) in [4.78, 5) is 24.3. The average molecular weight is 389 g/mol. The number of esters is 1. The summed E-state index contributed by atoms with van der Waals surface area (Å²) in [6.07, 6.45) is 0. The second-order valence-electron chi connectivity index (χ2n) is 4.97. The number of aromatic amines is 1. The van der Waals surface area contributed by atoms with Gasteiger partial charge in [0.25, 0.3) is 0 Å². The van der Waals surface area contributed by atoms with Gasteiger partial charge in [-0.1, -0.05) is 18.2 Å². The van der Waals surface area contributed by atoms with E-state index in [0.29, 0.717) is 21.2 Å². The van der Waals surface area contributed by atoms with E-state index in [0.717, 1.165) is 5.52 Å². The van der Waals surface area contributed by atoms with E-state index in [1.54, 1.807) is 36.4 Å². The van der Waals surface area contributed by atoms with Gasteiger partial charge in [-0.25, -0.2) is 4.79 Å². The summed E-state index contributed by atoms with van der Waals surface area (Å²) in [5.41, 5.74) is 1.31. The van der Waals surface area contributed by atoms with E-state index in [1.807, 2.05) is 6.07 Å². The van der Waals surface area contributed by atoms with E-state index >= 15 is 0 Å². The minimum Gasteiger partial charge on any atom is -0.496 e. The van der Waals surface area contributed by atoms with Gasteiger partial charge in [-0.05, 0) is 40.2 Å². The number of fused-ring (bicyclic) bond motifs is 1. The van der Waals surface area contributed by atoms with Crippen molar-refractivity contribution in [3.63, 3.8) is 0 Å². The van der Waals surface area contributed by atoms with E-state index in [1.165, 1.54) is 7.11 Å². The molecule has 1 N–H and O–H groups in total. The highest BCUT2D eigenvalue weighted by molar-refractivity contribution is 9.10. The Morgan fingerprint density at radius 3 is 2.75 bits per heavy atom. The lowest BCUT2D eigenvalue weighted by Crippen LogP contribution is -2.15. The Bertz CT molecular complexity index is 920. The topological polar surface area (TPSA) is 81.3 Å². The molecule has 0 fully saturated rings. The molecule has 0 spiro atoms. The third-order valence-electron chi connectivity index (χ3n) is 3.47. The van der Waals surface area contributed by atoms with Gasteiger partial charge in [-0.2, -0.15) is 5.10 Å². The van der Waals surface area contributed by atoms with E-state index in [4.69, 9.17) is 9.47 Å². The molecule has 7 heteroatoms. The molecule has 0 radical (unpaired) electrons. The van der Waals surface area contributed by atoms with Crippen molar-refractivity contribution in [2.75, 3.05) is 13.7 Å². The Morgan fingerprint density at radius 1 is 1.21 bits per heavy atom. The van der Waals surface area contributed by atoms with Gasteiger partial charge < -0.3 is 9.47 Å². The minimum atomic E-state index is -0.645. The summed E-state index contributed by atoms with van der Waals surface area (Å²) < 4.78 is 10.9. The second kappa shape index (κ2) is 6.84. The van der Waals surface area contributed by atoms with Crippen molar-refractivity contribution >= 4 is 38.6 Å². The number of Topliss-reactive ketones (excluding diaryl/α,β-unsaturated/α-hetero) is 1. The number of hydrogen-bond donors (Lipinski definition) is 1. The fourth-order valence-electron chi connectivity index (χ4n) is 2.24. The molecule has 0 atom stereocenters. The predicted octanol–water partition coefficient (Wildman–Crippen LogP) is 3.37. The molecule has 24 heavy (non-hydrogen) atoms. The largest absolute Gasteiger partial charge is 0.496 e. The highest BCUT2D eigenvalue weighted by atomic mass is 79.9. The fraction of sp³-hybridized carbons (Fsp3) is 0.118. The monoisotopic (exact) mass is 388 g/mol. The summed E-state index contributed by atoms with van der Waals surface area (Å²) >= 11 is 3.32. The van der Waals surface area contributed by atoms with Gasteiger partial charge in [-0.3, -0.25) is 9.89 Å². The third-order valence-corrected chi connectivity index (χ3v) is 4.09. The zero-order valence-corrected chi connectivity index (χ0v) is 14.3. The average Bonchev–Trinajstić information content (AvgIpc) is 3.03. The number of carbonyl (C=O) groups excluding carboxylic acids is 2. The van der Waals surface area contributed by atoms with Gasteiger partial charge >= 0.3 is 5.97 Å². The fourth-order valence-corrected chi connectivity index (χ4v) is 2.78. The number of carbonyl (C=O) groups is 2. The number of rotatable bonds is 5. The Balaban J connectivity index is 1.70. The molecule has 0 amide bonds. The van der Waals surface area contributed by atoms with E-state index < -0.39 is 5.97 Å². The number of hydrogen-bond acceptors (Lipinski definition) is 5. The summed E-state index contributed by atoms with van der Waals surface area (Å²) in [5.74, 6) is -0.341. The van der Waals surface area contributed by atoms with Crippen LogP contribution in [0.2, 0.25) is 0 Å². The highest BCUT2D eigenvalue weighted by Crippen LogP contribution is 2.25. The first-order valence-electron chi connectivity index (χ1n) is 7.07. The molecule has 0 aliphatic rings. The number of benzene rings is 2. The van der Waals surface area contributed by atoms with E-state index in [9.17, 15) is 9.59 Å². The first kappa shape index (κ1) is 16.2. The predicted molar refractivity (Wildman–Crippen MR) is 91.4 cm³/mol. The summed E-state index contributed by atoms with van der Waals surface area (Å²) in [5, 5.41) is 7.36. The molecule has 1 aromatic heterocycles. The van der Waals surface area contributed by atoms with Gasteiger partial charge in [0.05, 0.1) is 17.1 Å². The molecule has 122 valence electrons. The van der Waals surface area contributed by atoms with Crippen LogP contribution in [0.15, 0.2) is 46.9 Å². The number of nitrogens with zero attached hydrogens (tertiary/aromatic N) is 1. The van der Waals surface area contributed by atoms with Crippen LogP contribution in [-0.4, -0.2) is 35.7 Å². The molecule has 0 aliphatic heterocycles. The summed E-state index contributed by atoms with van der Waals surface area (Å²) in [6.45, 7) is -0.362. The maximum atomic E-state index is 12.2. The quantitative estimate of drug-likeness (QED) is 0.535. The zero-order valence-electron chi connectivity index (χ0n) is 12.7. The van der Waals surface area contributed by atoms with Crippen molar-refractivity contribution in [2.45, 2.75) is 0 Å². The Morgan fingerprint density at radius 2 is 2.00 bits per heavy atom. The molecule has 0 aliphatic carbocycles. The van der Waals surface area contributed by atoms with Crippen LogP contribution in [0.1, 0.15) is 20.8 Å². The van der Waals surface area contributed by atoms with Crippen LogP contribution >= 0.6 is 15.9 Å². The van der Waals surface area contributed by atoms with Gasteiger partial charge in [0.2, 0.25) is 0 Å². The van der Waals surface area contributed by atoms with Gasteiger partial charge in [-0.15, -0.1) is 0 Å². The first-order valence-corrected chi connectivity index (χ1v) is 7.86. The Hall–Kier alpha value is -2.67. The van der Waals surface area contributed by atoms with Crippen LogP contribution < -0.4 is 4.74 Å². The third kappa shape index (κ3) is 3.16. The van der Waals surface area contributed by atoms with Crippen LogP contribution in [0.5, 0.6) is 5.75 Å². The van der Waals surface area contributed by atoms with E-state index in [2.05, 4.69) is 26.1 Å². The lowest BCUT2D eigenvalue weighted by atomic mass is 10.1. The molecule has 0 unspecified atom stereocenters. The molecular weight excluding hydrogens is 376 g/mol. The Labute approximate surface area is 145 Å². The number of para-hydroxylation sites is 1.